The molecule has 0 saturated heterocycles. The highest BCUT2D eigenvalue weighted by Crippen LogP contribution is 2.25. The molecule has 1 rings (SSSR count). The molecule has 0 fully saturated rings. The molecule has 0 aromatic carbocycles. The third kappa shape index (κ3) is 3.01. The van der Waals surface area contributed by atoms with Crippen molar-refractivity contribution in [3.05, 3.63) is 18.5 Å². The number of rotatable bonds is 4. The van der Waals surface area contributed by atoms with E-state index in [-0.39, 0.29) is 0 Å². The fraction of sp³-hybridized carbons (Fsp3) is 0.600. The molecule has 0 bridgehead atoms. The SMILES string of the molecule is CC(C)(O)C(C)(C)OB(O)c1ccnnc1. The third-order valence-corrected chi connectivity index (χ3v) is 2.77. The first-order valence-corrected chi connectivity index (χ1v) is 5.09. The predicted octanol–water partition coefficient (Wildman–Crippen LogP) is -0.270. The minimum atomic E-state index is -1.13. The van der Waals surface area contributed by atoms with Gasteiger partial charge in [0, 0.05) is 17.9 Å². The second-order valence-electron chi connectivity index (χ2n) is 4.72. The molecule has 88 valence electrons. The lowest BCUT2D eigenvalue weighted by Crippen LogP contribution is -2.53. The van der Waals surface area contributed by atoms with Crippen molar-refractivity contribution in [1.29, 1.82) is 0 Å². The van der Waals surface area contributed by atoms with E-state index in [1.54, 1.807) is 33.8 Å². The molecule has 0 unspecified atom stereocenters. The molecule has 0 aliphatic heterocycles. The Kier molecular flexibility index (Phi) is 3.67. The maximum atomic E-state index is 9.88. The number of aromatic nitrogens is 2. The van der Waals surface area contributed by atoms with Gasteiger partial charge in [0.25, 0.3) is 0 Å². The third-order valence-electron chi connectivity index (χ3n) is 2.77. The fourth-order valence-electron chi connectivity index (χ4n) is 0.938. The van der Waals surface area contributed by atoms with Gasteiger partial charge in [-0.15, -0.1) is 0 Å². The summed E-state index contributed by atoms with van der Waals surface area (Å²) < 4.78 is 5.43. The summed E-state index contributed by atoms with van der Waals surface area (Å²) >= 11 is 0. The molecule has 1 aromatic rings. The summed E-state index contributed by atoms with van der Waals surface area (Å²) in [5.74, 6) is 0. The Morgan fingerprint density at radius 1 is 1.25 bits per heavy atom. The molecule has 2 N–H and O–H groups in total. The van der Waals surface area contributed by atoms with Crippen molar-refractivity contribution < 1.29 is 14.8 Å². The summed E-state index contributed by atoms with van der Waals surface area (Å²) in [4.78, 5) is 0. The van der Waals surface area contributed by atoms with E-state index in [4.69, 9.17) is 4.65 Å². The smallest absolute Gasteiger partial charge is 0.423 e. The minimum Gasteiger partial charge on any atom is -0.423 e. The van der Waals surface area contributed by atoms with Crippen molar-refractivity contribution in [3.63, 3.8) is 0 Å². The van der Waals surface area contributed by atoms with E-state index < -0.39 is 18.3 Å². The molecule has 0 atom stereocenters. The van der Waals surface area contributed by atoms with Crippen molar-refractivity contribution >= 4 is 12.6 Å². The van der Waals surface area contributed by atoms with Gasteiger partial charge in [0.15, 0.2) is 0 Å². The highest BCUT2D eigenvalue weighted by atomic mass is 16.5. The van der Waals surface area contributed by atoms with Gasteiger partial charge in [-0.3, -0.25) is 0 Å². The highest BCUT2D eigenvalue weighted by Gasteiger charge is 2.39. The Bertz CT molecular complexity index is 338. The number of nitrogens with zero attached hydrogens (tertiary/aromatic N) is 2. The highest BCUT2D eigenvalue weighted by molar-refractivity contribution is 6.59. The maximum Gasteiger partial charge on any atom is 0.493 e. The standard InChI is InChI=1S/C10H17BN2O3/c1-9(2,14)10(3,4)16-11(15)8-5-6-12-13-7-8/h5-7,14-15H,1-4H3. The van der Waals surface area contributed by atoms with Gasteiger partial charge < -0.3 is 14.8 Å². The van der Waals surface area contributed by atoms with Crippen LogP contribution in [0.2, 0.25) is 0 Å². The normalized spacial score (nSPS) is 12.6. The fourth-order valence-corrected chi connectivity index (χ4v) is 0.938. The molecule has 1 aromatic heterocycles. The Hall–Kier alpha value is -0.975. The van der Waals surface area contributed by atoms with Crippen LogP contribution < -0.4 is 5.46 Å². The van der Waals surface area contributed by atoms with Crippen LogP contribution >= 0.6 is 0 Å². The first-order valence-electron chi connectivity index (χ1n) is 5.09. The lowest BCUT2D eigenvalue weighted by Gasteiger charge is -2.38. The van der Waals surface area contributed by atoms with Crippen molar-refractivity contribution in [3.8, 4) is 0 Å². The van der Waals surface area contributed by atoms with Crippen LogP contribution in [0.5, 0.6) is 0 Å². The van der Waals surface area contributed by atoms with Gasteiger partial charge in [0.1, 0.15) is 0 Å². The lowest BCUT2D eigenvalue weighted by molar-refractivity contribution is -0.0982. The van der Waals surface area contributed by atoms with Crippen molar-refractivity contribution in [2.24, 2.45) is 0 Å². The molecule has 6 heteroatoms. The lowest BCUT2D eigenvalue weighted by atomic mass is 9.78. The van der Waals surface area contributed by atoms with Gasteiger partial charge in [-0.25, -0.2) is 0 Å². The van der Waals surface area contributed by atoms with E-state index in [9.17, 15) is 10.1 Å². The van der Waals surface area contributed by atoms with Crippen LogP contribution in [0, 0.1) is 0 Å². The average Bonchev–Trinajstić information content (AvgIpc) is 2.16. The van der Waals surface area contributed by atoms with Crippen LogP contribution in [0.25, 0.3) is 0 Å². The van der Waals surface area contributed by atoms with Crippen LogP contribution in [0.15, 0.2) is 18.5 Å². The number of hydrogen-bond donors (Lipinski definition) is 2. The summed E-state index contributed by atoms with van der Waals surface area (Å²) in [5.41, 5.74) is -1.43. The second-order valence-corrected chi connectivity index (χ2v) is 4.72. The molecule has 1 heterocycles. The number of hydrogen-bond acceptors (Lipinski definition) is 5. The zero-order valence-corrected chi connectivity index (χ0v) is 10.0. The Morgan fingerprint density at radius 3 is 2.31 bits per heavy atom. The van der Waals surface area contributed by atoms with Crippen LogP contribution in [0.1, 0.15) is 27.7 Å². The van der Waals surface area contributed by atoms with Gasteiger partial charge in [0.2, 0.25) is 0 Å². The molecule has 0 radical (unpaired) electrons. The van der Waals surface area contributed by atoms with E-state index in [2.05, 4.69) is 10.2 Å². The quantitative estimate of drug-likeness (QED) is 0.688. The van der Waals surface area contributed by atoms with Gasteiger partial charge >= 0.3 is 7.12 Å². The van der Waals surface area contributed by atoms with E-state index in [0.717, 1.165) is 0 Å². The minimum absolute atomic E-state index is 0.507. The molecule has 0 aliphatic carbocycles. The molecule has 0 amide bonds. The zero-order chi connectivity index (χ0) is 12.4. The molecular weight excluding hydrogens is 207 g/mol. The van der Waals surface area contributed by atoms with Crippen LogP contribution in [-0.2, 0) is 4.65 Å². The van der Waals surface area contributed by atoms with Gasteiger partial charge in [-0.1, -0.05) is 0 Å². The Morgan fingerprint density at radius 2 is 1.88 bits per heavy atom. The topological polar surface area (TPSA) is 75.5 Å². The zero-order valence-electron chi connectivity index (χ0n) is 10.0. The van der Waals surface area contributed by atoms with E-state index in [0.29, 0.717) is 5.46 Å². The van der Waals surface area contributed by atoms with Crippen LogP contribution in [0.4, 0.5) is 0 Å². The largest absolute Gasteiger partial charge is 0.493 e. The van der Waals surface area contributed by atoms with Crippen molar-refractivity contribution in [2.75, 3.05) is 0 Å². The molecule has 0 saturated carbocycles. The first-order chi connectivity index (χ1) is 7.24. The first kappa shape index (κ1) is 13.1. The van der Waals surface area contributed by atoms with Gasteiger partial charge in [-0.2, -0.15) is 10.2 Å². The van der Waals surface area contributed by atoms with Gasteiger partial charge in [0.05, 0.1) is 11.2 Å². The summed E-state index contributed by atoms with van der Waals surface area (Å²) in [6, 6.07) is 1.61. The average molecular weight is 224 g/mol. The molecule has 0 aliphatic rings. The van der Waals surface area contributed by atoms with Crippen LogP contribution in [-0.4, -0.2) is 38.6 Å². The van der Waals surface area contributed by atoms with Crippen molar-refractivity contribution in [1.82, 2.24) is 10.2 Å². The molecule has 0 spiro atoms. The van der Waals surface area contributed by atoms with E-state index in [1.807, 2.05) is 0 Å². The Balaban J connectivity index is 2.76. The number of aliphatic hydroxyl groups is 1. The van der Waals surface area contributed by atoms with Crippen molar-refractivity contribution in [2.45, 2.75) is 38.9 Å². The summed E-state index contributed by atoms with van der Waals surface area (Å²) in [5, 5.41) is 26.9. The summed E-state index contributed by atoms with van der Waals surface area (Å²) in [6.45, 7) is 6.69. The molecular formula is C10H17BN2O3. The summed E-state index contributed by atoms with van der Waals surface area (Å²) in [7, 11) is -1.13. The van der Waals surface area contributed by atoms with E-state index >= 15 is 0 Å². The van der Waals surface area contributed by atoms with E-state index in [1.165, 1.54) is 12.4 Å². The van der Waals surface area contributed by atoms with Gasteiger partial charge in [-0.05, 0) is 33.8 Å². The van der Waals surface area contributed by atoms with Crippen LogP contribution in [0.3, 0.4) is 0 Å². The molecule has 16 heavy (non-hydrogen) atoms. The summed E-state index contributed by atoms with van der Waals surface area (Å²) in [6.07, 6.45) is 2.89. The maximum absolute atomic E-state index is 9.88. The molecule has 5 nitrogen and oxygen atoms in total. The predicted molar refractivity (Wildman–Crippen MR) is 61.1 cm³/mol. The Labute approximate surface area is 95.6 Å². The second kappa shape index (κ2) is 4.49. The monoisotopic (exact) mass is 224 g/mol.